The van der Waals surface area contributed by atoms with E-state index in [2.05, 4.69) is 15.9 Å². The van der Waals surface area contributed by atoms with Crippen LogP contribution in [0.5, 0.6) is 0 Å². The second kappa shape index (κ2) is 3.69. The topological polar surface area (TPSA) is 18.5 Å². The van der Waals surface area contributed by atoms with Gasteiger partial charge in [-0.05, 0) is 18.8 Å². The highest BCUT2D eigenvalue weighted by Crippen LogP contribution is 2.38. The van der Waals surface area contributed by atoms with E-state index in [1.165, 1.54) is 12.8 Å². The molecule has 0 spiro atoms. The molecule has 0 radical (unpaired) electrons. The first kappa shape index (κ1) is 8.50. The van der Waals surface area contributed by atoms with Crippen LogP contribution in [-0.4, -0.2) is 25.3 Å². The monoisotopic (exact) mass is 208 g/mol. The second-order valence-electron chi connectivity index (χ2n) is 2.62. The van der Waals surface area contributed by atoms with Crippen LogP contribution in [0.15, 0.2) is 0 Å². The van der Waals surface area contributed by atoms with Crippen molar-refractivity contribution in [1.29, 1.82) is 0 Å². The Bertz CT molecular complexity index is 99.8. The van der Waals surface area contributed by atoms with Crippen molar-refractivity contribution in [3.63, 3.8) is 0 Å². The summed E-state index contributed by atoms with van der Waals surface area (Å²) < 4.78 is 10.2. The minimum atomic E-state index is -0.0764. The van der Waals surface area contributed by atoms with Crippen LogP contribution in [0.1, 0.15) is 12.8 Å². The van der Waals surface area contributed by atoms with Crippen molar-refractivity contribution in [2.24, 2.45) is 5.92 Å². The van der Waals surface area contributed by atoms with Crippen LogP contribution in [0.4, 0.5) is 0 Å². The average Bonchev–Trinajstić information content (AvgIpc) is 2.71. The molecule has 2 nitrogen and oxygen atoms in total. The van der Waals surface area contributed by atoms with E-state index in [4.69, 9.17) is 9.47 Å². The molecule has 1 fully saturated rings. The summed E-state index contributed by atoms with van der Waals surface area (Å²) in [6, 6.07) is 0. The first-order valence-electron chi connectivity index (χ1n) is 3.49. The number of methoxy groups -OCH3 is 2. The molecule has 1 saturated carbocycles. The lowest BCUT2D eigenvalue weighted by molar-refractivity contribution is -0.103. The van der Waals surface area contributed by atoms with Gasteiger partial charge in [-0.3, -0.25) is 0 Å². The van der Waals surface area contributed by atoms with Gasteiger partial charge in [0.2, 0.25) is 0 Å². The Kier molecular flexibility index (Phi) is 3.14. The molecule has 0 aromatic heterocycles. The number of hydrogen-bond acceptors (Lipinski definition) is 2. The lowest BCUT2D eigenvalue weighted by Crippen LogP contribution is -2.26. The van der Waals surface area contributed by atoms with E-state index < -0.39 is 0 Å². The quantitative estimate of drug-likeness (QED) is 0.519. The van der Waals surface area contributed by atoms with Gasteiger partial charge in [-0.1, -0.05) is 15.9 Å². The van der Waals surface area contributed by atoms with Crippen molar-refractivity contribution < 1.29 is 9.47 Å². The molecule has 3 heteroatoms. The van der Waals surface area contributed by atoms with E-state index >= 15 is 0 Å². The molecule has 0 bridgehead atoms. The fraction of sp³-hybridized carbons (Fsp3) is 1.00. The summed E-state index contributed by atoms with van der Waals surface area (Å²) in [6.45, 7) is 0. The molecular formula is C7H13BrO2. The normalized spacial score (nSPS) is 21.6. The molecule has 1 atom stereocenters. The molecule has 0 saturated heterocycles. The van der Waals surface area contributed by atoms with Crippen molar-refractivity contribution in [2.45, 2.75) is 24.0 Å². The van der Waals surface area contributed by atoms with Crippen LogP contribution in [0.2, 0.25) is 0 Å². The lowest BCUT2D eigenvalue weighted by Gasteiger charge is -2.18. The predicted molar refractivity (Wildman–Crippen MR) is 43.2 cm³/mol. The standard InChI is InChI=1S/C7H13BrO2/c1-9-7(10-2)6(8)5-3-4-5/h5-7H,3-4H2,1-2H3. The summed E-state index contributed by atoms with van der Waals surface area (Å²) in [6.07, 6.45) is 2.53. The Morgan fingerprint density at radius 3 is 2.10 bits per heavy atom. The van der Waals surface area contributed by atoms with E-state index in [1.54, 1.807) is 14.2 Å². The Labute approximate surface area is 70.0 Å². The summed E-state index contributed by atoms with van der Waals surface area (Å²) >= 11 is 3.54. The maximum absolute atomic E-state index is 5.09. The molecular weight excluding hydrogens is 196 g/mol. The Balaban J connectivity index is 2.27. The fourth-order valence-electron chi connectivity index (χ4n) is 0.993. The van der Waals surface area contributed by atoms with Gasteiger partial charge in [0, 0.05) is 14.2 Å². The number of hydrogen-bond donors (Lipinski definition) is 0. The summed E-state index contributed by atoms with van der Waals surface area (Å²) in [4.78, 5) is 0.377. The SMILES string of the molecule is COC(OC)C(Br)C1CC1. The third-order valence-corrected chi connectivity index (χ3v) is 2.98. The van der Waals surface area contributed by atoms with Gasteiger partial charge in [-0.25, -0.2) is 0 Å². The van der Waals surface area contributed by atoms with Crippen LogP contribution in [0.25, 0.3) is 0 Å². The number of alkyl halides is 1. The fourth-order valence-corrected chi connectivity index (χ4v) is 1.95. The summed E-state index contributed by atoms with van der Waals surface area (Å²) in [5, 5.41) is 0. The third-order valence-electron chi connectivity index (χ3n) is 1.80. The van der Waals surface area contributed by atoms with Crippen molar-refractivity contribution in [3.8, 4) is 0 Å². The van der Waals surface area contributed by atoms with Crippen LogP contribution in [0, 0.1) is 5.92 Å². The van der Waals surface area contributed by atoms with Gasteiger partial charge >= 0.3 is 0 Å². The predicted octanol–water partition coefficient (Wildman–Crippen LogP) is 1.78. The first-order valence-corrected chi connectivity index (χ1v) is 4.40. The average molecular weight is 209 g/mol. The van der Waals surface area contributed by atoms with Gasteiger partial charge in [-0.2, -0.15) is 0 Å². The third kappa shape index (κ3) is 1.94. The molecule has 1 unspecified atom stereocenters. The van der Waals surface area contributed by atoms with Crippen molar-refractivity contribution in [2.75, 3.05) is 14.2 Å². The molecule has 1 aliphatic rings. The molecule has 1 aliphatic carbocycles. The van der Waals surface area contributed by atoms with Crippen LogP contribution in [0.3, 0.4) is 0 Å². The molecule has 0 aromatic carbocycles. The molecule has 0 amide bonds. The van der Waals surface area contributed by atoms with Crippen molar-refractivity contribution >= 4 is 15.9 Å². The smallest absolute Gasteiger partial charge is 0.169 e. The maximum Gasteiger partial charge on any atom is 0.169 e. The Morgan fingerprint density at radius 2 is 1.80 bits per heavy atom. The van der Waals surface area contributed by atoms with Crippen molar-refractivity contribution in [3.05, 3.63) is 0 Å². The number of ether oxygens (including phenoxy) is 2. The van der Waals surface area contributed by atoms with Gasteiger partial charge in [0.15, 0.2) is 6.29 Å². The summed E-state index contributed by atoms with van der Waals surface area (Å²) in [5.74, 6) is 0.768. The highest BCUT2D eigenvalue weighted by molar-refractivity contribution is 9.09. The number of halogens is 1. The van der Waals surface area contributed by atoms with E-state index in [0.717, 1.165) is 5.92 Å². The second-order valence-corrected chi connectivity index (χ2v) is 3.68. The van der Waals surface area contributed by atoms with Crippen LogP contribution in [-0.2, 0) is 9.47 Å². The molecule has 0 heterocycles. The molecule has 0 N–H and O–H groups in total. The first-order chi connectivity index (χ1) is 4.79. The van der Waals surface area contributed by atoms with E-state index in [-0.39, 0.29) is 6.29 Å². The highest BCUT2D eigenvalue weighted by Gasteiger charge is 2.34. The van der Waals surface area contributed by atoms with Gasteiger partial charge in [-0.15, -0.1) is 0 Å². The molecule has 1 rings (SSSR count). The maximum atomic E-state index is 5.09. The molecule has 0 aromatic rings. The summed E-state index contributed by atoms with van der Waals surface area (Å²) in [7, 11) is 3.34. The van der Waals surface area contributed by atoms with Crippen LogP contribution >= 0.6 is 15.9 Å². The zero-order valence-corrected chi connectivity index (χ0v) is 7.93. The van der Waals surface area contributed by atoms with E-state index in [1.807, 2.05) is 0 Å². The summed E-state index contributed by atoms with van der Waals surface area (Å²) in [5.41, 5.74) is 0. The van der Waals surface area contributed by atoms with Gasteiger partial charge in [0.25, 0.3) is 0 Å². The molecule has 10 heavy (non-hydrogen) atoms. The van der Waals surface area contributed by atoms with Gasteiger partial charge in [0.1, 0.15) is 0 Å². The zero-order chi connectivity index (χ0) is 7.56. The van der Waals surface area contributed by atoms with Gasteiger partial charge in [0.05, 0.1) is 4.83 Å². The molecule has 0 aliphatic heterocycles. The minimum Gasteiger partial charge on any atom is -0.355 e. The Morgan fingerprint density at radius 1 is 1.30 bits per heavy atom. The molecule has 60 valence electrons. The van der Waals surface area contributed by atoms with E-state index in [0.29, 0.717) is 4.83 Å². The zero-order valence-electron chi connectivity index (χ0n) is 6.34. The van der Waals surface area contributed by atoms with Crippen molar-refractivity contribution in [1.82, 2.24) is 0 Å². The highest BCUT2D eigenvalue weighted by atomic mass is 79.9. The Hall–Kier alpha value is 0.400. The van der Waals surface area contributed by atoms with Crippen LogP contribution < -0.4 is 0 Å². The largest absolute Gasteiger partial charge is 0.355 e. The van der Waals surface area contributed by atoms with E-state index in [9.17, 15) is 0 Å². The number of rotatable bonds is 4. The van der Waals surface area contributed by atoms with Gasteiger partial charge < -0.3 is 9.47 Å². The lowest BCUT2D eigenvalue weighted by atomic mass is 10.3. The minimum absolute atomic E-state index is 0.0764.